The number of anilines is 1. The Kier molecular flexibility index (Phi) is 20.3. The molecule has 43 heavy (non-hydrogen) atoms. The van der Waals surface area contributed by atoms with E-state index in [0.29, 0.717) is 5.56 Å². The van der Waals surface area contributed by atoms with Gasteiger partial charge in [-0.1, -0.05) is 13.2 Å². The molecule has 0 aliphatic heterocycles. The molecule has 0 saturated carbocycles. The van der Waals surface area contributed by atoms with Crippen molar-refractivity contribution in [2.75, 3.05) is 85.1 Å². The lowest BCUT2D eigenvalue weighted by molar-refractivity contribution is -0.209. The molecule has 0 spiro atoms. The third kappa shape index (κ3) is 18.7. The second-order valence-corrected chi connectivity index (χ2v) is 8.98. The quantitative estimate of drug-likeness (QED) is 0.0527. The normalized spacial score (nSPS) is 12.9. The van der Waals surface area contributed by atoms with Gasteiger partial charge in [0.1, 0.15) is 25.9 Å². The zero-order valence-electron chi connectivity index (χ0n) is 25.5. The number of hydrogen-bond acceptors (Lipinski definition) is 13. The summed E-state index contributed by atoms with van der Waals surface area (Å²) in [4.78, 5) is 36.6. The number of carbonyl (C=O) groups is 3. The maximum Gasteiger partial charge on any atom is 0.338 e. The van der Waals surface area contributed by atoms with Gasteiger partial charge in [0.25, 0.3) is 0 Å². The topological polar surface area (TPSA) is 138 Å². The fraction of sp³-hybridized carbons (Fsp3) is 0.567. The number of benzene rings is 1. The summed E-state index contributed by atoms with van der Waals surface area (Å²) in [5.41, 5.74) is 1.36. The van der Waals surface area contributed by atoms with Gasteiger partial charge in [-0.05, 0) is 38.1 Å². The molecule has 0 aliphatic rings. The van der Waals surface area contributed by atoms with Crippen LogP contribution in [0.4, 0.5) is 5.69 Å². The lowest BCUT2D eigenvalue weighted by Gasteiger charge is -2.24. The van der Waals surface area contributed by atoms with Crippen molar-refractivity contribution in [3.63, 3.8) is 0 Å². The van der Waals surface area contributed by atoms with Crippen molar-refractivity contribution in [3.8, 4) is 0 Å². The van der Waals surface area contributed by atoms with E-state index in [4.69, 9.17) is 42.6 Å². The SMILES string of the molecule is C=CC(=O)OCCOCCOC(C)OCC(COC(=O)c1ccc(N(C)C)cc1)OC(C)OCCOCCOC(=O)C=C. The van der Waals surface area contributed by atoms with Crippen LogP contribution in [0.15, 0.2) is 49.6 Å². The summed E-state index contributed by atoms with van der Waals surface area (Å²) >= 11 is 0. The van der Waals surface area contributed by atoms with E-state index in [1.165, 1.54) is 0 Å². The number of rotatable bonds is 25. The minimum Gasteiger partial charge on any atom is -0.460 e. The van der Waals surface area contributed by atoms with Crippen LogP contribution < -0.4 is 4.90 Å². The molecule has 0 radical (unpaired) electrons. The first-order valence-corrected chi connectivity index (χ1v) is 13.8. The summed E-state index contributed by atoms with van der Waals surface area (Å²) in [5.74, 6) is -1.53. The van der Waals surface area contributed by atoms with Gasteiger partial charge in [0.2, 0.25) is 0 Å². The average molecular weight is 612 g/mol. The predicted octanol–water partition coefficient (Wildman–Crippen LogP) is 2.53. The Morgan fingerprint density at radius 2 is 1.21 bits per heavy atom. The number of hydrogen-bond donors (Lipinski definition) is 0. The molecule has 242 valence electrons. The van der Waals surface area contributed by atoms with Crippen LogP contribution in [0.2, 0.25) is 0 Å². The minimum atomic E-state index is -0.673. The third-order valence-corrected chi connectivity index (χ3v) is 5.36. The van der Waals surface area contributed by atoms with Gasteiger partial charge in [-0.3, -0.25) is 0 Å². The molecule has 0 aromatic heterocycles. The lowest BCUT2D eigenvalue weighted by Crippen LogP contribution is -2.34. The molecule has 0 bridgehead atoms. The molecule has 1 aromatic rings. The molecule has 0 fully saturated rings. The van der Waals surface area contributed by atoms with Crippen LogP contribution in [0.25, 0.3) is 0 Å². The van der Waals surface area contributed by atoms with Gasteiger partial charge in [-0.15, -0.1) is 0 Å². The molecule has 0 aliphatic carbocycles. The monoisotopic (exact) mass is 611 g/mol. The standard InChI is InChI=1S/C30H45NO12/c1-7-28(32)39-19-15-35-13-17-37-23(3)41-21-27(22-42-30(34)25-9-11-26(12-10-25)31(5)6)43-24(4)38-18-14-36-16-20-40-29(33)8-2/h7-12,23-24,27H,1-2,13-22H2,3-6H3. The van der Waals surface area contributed by atoms with Crippen LogP contribution in [0.5, 0.6) is 0 Å². The smallest absolute Gasteiger partial charge is 0.338 e. The first-order chi connectivity index (χ1) is 20.7. The Hall–Kier alpha value is -3.33. The first-order valence-electron chi connectivity index (χ1n) is 13.8. The second kappa shape index (κ2) is 23.2. The van der Waals surface area contributed by atoms with Crippen molar-refractivity contribution in [1.82, 2.24) is 0 Å². The maximum absolute atomic E-state index is 12.6. The first kappa shape index (κ1) is 37.7. The van der Waals surface area contributed by atoms with Gasteiger partial charge in [0.05, 0.1) is 51.8 Å². The molecule has 3 unspecified atom stereocenters. The summed E-state index contributed by atoms with van der Waals surface area (Å²) < 4.78 is 48.7. The van der Waals surface area contributed by atoms with Crippen molar-refractivity contribution < 1.29 is 57.0 Å². The van der Waals surface area contributed by atoms with Crippen LogP contribution >= 0.6 is 0 Å². The molecule has 13 nitrogen and oxygen atoms in total. The summed E-state index contributed by atoms with van der Waals surface area (Å²) in [6, 6.07) is 7.03. The molecule has 0 amide bonds. The molecule has 3 atom stereocenters. The van der Waals surface area contributed by atoms with Crippen molar-refractivity contribution in [2.45, 2.75) is 32.5 Å². The highest BCUT2D eigenvalue weighted by Gasteiger charge is 2.19. The Morgan fingerprint density at radius 3 is 1.72 bits per heavy atom. The summed E-state index contributed by atoms with van der Waals surface area (Å²) in [5, 5.41) is 0. The van der Waals surface area contributed by atoms with E-state index in [9.17, 15) is 14.4 Å². The molecule has 0 saturated heterocycles. The van der Waals surface area contributed by atoms with Crippen LogP contribution in [-0.2, 0) is 52.2 Å². The summed E-state index contributed by atoms with van der Waals surface area (Å²) in [6.07, 6.45) is 0.215. The molecule has 1 rings (SSSR count). The highest BCUT2D eigenvalue weighted by molar-refractivity contribution is 5.89. The lowest BCUT2D eigenvalue weighted by atomic mass is 10.2. The molecule has 0 heterocycles. The highest BCUT2D eigenvalue weighted by atomic mass is 16.7. The van der Waals surface area contributed by atoms with E-state index in [1.807, 2.05) is 31.1 Å². The molecule has 0 N–H and O–H groups in total. The zero-order valence-corrected chi connectivity index (χ0v) is 25.5. The Morgan fingerprint density at radius 1 is 0.698 bits per heavy atom. The molecule has 13 heteroatoms. The van der Waals surface area contributed by atoms with E-state index in [2.05, 4.69) is 13.2 Å². The second-order valence-electron chi connectivity index (χ2n) is 8.98. The van der Waals surface area contributed by atoms with E-state index >= 15 is 0 Å². The highest BCUT2D eigenvalue weighted by Crippen LogP contribution is 2.14. The van der Waals surface area contributed by atoms with Crippen LogP contribution in [0.3, 0.4) is 0 Å². The van der Waals surface area contributed by atoms with Crippen LogP contribution in [0, 0.1) is 0 Å². The van der Waals surface area contributed by atoms with Gasteiger partial charge in [0.15, 0.2) is 12.6 Å². The Labute approximate surface area is 253 Å². The third-order valence-electron chi connectivity index (χ3n) is 5.36. The summed E-state index contributed by atoms with van der Waals surface area (Å²) in [6.45, 7) is 11.7. The van der Waals surface area contributed by atoms with Gasteiger partial charge in [0, 0.05) is 31.9 Å². The number of carbonyl (C=O) groups excluding carboxylic acids is 3. The summed E-state index contributed by atoms with van der Waals surface area (Å²) in [7, 11) is 3.82. The van der Waals surface area contributed by atoms with Crippen LogP contribution in [0.1, 0.15) is 24.2 Å². The Balaban J connectivity index is 2.49. The van der Waals surface area contributed by atoms with Crippen molar-refractivity contribution in [2.24, 2.45) is 0 Å². The Bertz CT molecular complexity index is 953. The fourth-order valence-electron chi connectivity index (χ4n) is 3.15. The van der Waals surface area contributed by atoms with E-state index < -0.39 is 36.6 Å². The van der Waals surface area contributed by atoms with Crippen molar-refractivity contribution in [1.29, 1.82) is 0 Å². The molecule has 1 aromatic carbocycles. The largest absolute Gasteiger partial charge is 0.460 e. The predicted molar refractivity (Wildman–Crippen MR) is 157 cm³/mol. The minimum absolute atomic E-state index is 0.0469. The van der Waals surface area contributed by atoms with Gasteiger partial charge in [-0.2, -0.15) is 0 Å². The van der Waals surface area contributed by atoms with Crippen molar-refractivity contribution >= 4 is 23.6 Å². The fourth-order valence-corrected chi connectivity index (χ4v) is 3.15. The van der Waals surface area contributed by atoms with E-state index in [0.717, 1.165) is 17.8 Å². The molecular formula is C30H45NO12. The average Bonchev–Trinajstić information content (AvgIpc) is 3.00. The maximum atomic E-state index is 12.6. The number of ether oxygens (including phenoxy) is 9. The molecular weight excluding hydrogens is 566 g/mol. The number of esters is 3. The van der Waals surface area contributed by atoms with E-state index in [1.54, 1.807) is 26.0 Å². The number of nitrogens with zero attached hydrogens (tertiary/aromatic N) is 1. The van der Waals surface area contributed by atoms with Gasteiger partial charge < -0.3 is 47.5 Å². The van der Waals surface area contributed by atoms with E-state index in [-0.39, 0.29) is 66.1 Å². The van der Waals surface area contributed by atoms with Crippen LogP contribution in [-0.4, -0.2) is 117 Å². The van der Waals surface area contributed by atoms with Crippen molar-refractivity contribution in [3.05, 3.63) is 55.1 Å². The van der Waals surface area contributed by atoms with Gasteiger partial charge >= 0.3 is 17.9 Å². The van der Waals surface area contributed by atoms with Gasteiger partial charge in [-0.25, -0.2) is 14.4 Å². The zero-order chi connectivity index (χ0) is 31.9.